The number of aromatic nitrogens is 3. The van der Waals surface area contributed by atoms with Gasteiger partial charge in [-0.05, 0) is 31.0 Å². The molecule has 0 fully saturated rings. The van der Waals surface area contributed by atoms with E-state index in [1.54, 1.807) is 4.68 Å². The lowest BCUT2D eigenvalue weighted by atomic mass is 10.1. The van der Waals surface area contributed by atoms with Gasteiger partial charge in [-0.25, -0.2) is 4.68 Å². The Morgan fingerprint density at radius 2 is 1.81 bits per heavy atom. The highest BCUT2D eigenvalue weighted by molar-refractivity contribution is 5.67. The summed E-state index contributed by atoms with van der Waals surface area (Å²) in [6.07, 6.45) is 0. The second kappa shape index (κ2) is 5.22. The van der Waals surface area contributed by atoms with E-state index in [0.29, 0.717) is 5.69 Å². The molecule has 0 bridgehead atoms. The summed E-state index contributed by atoms with van der Waals surface area (Å²) < 4.78 is 1.75. The molecule has 2 aromatic carbocycles. The molecular formula is C17H14N4. The van der Waals surface area contributed by atoms with Crippen LogP contribution in [-0.4, -0.2) is 15.0 Å². The van der Waals surface area contributed by atoms with Crippen molar-refractivity contribution < 1.29 is 0 Å². The lowest BCUT2D eigenvalue weighted by Crippen LogP contribution is -2.02. The van der Waals surface area contributed by atoms with Crippen molar-refractivity contribution in [2.24, 2.45) is 0 Å². The van der Waals surface area contributed by atoms with Gasteiger partial charge in [0.15, 0.2) is 5.69 Å². The zero-order valence-corrected chi connectivity index (χ0v) is 11.9. The lowest BCUT2D eigenvalue weighted by molar-refractivity contribution is 0.801. The highest BCUT2D eigenvalue weighted by Gasteiger charge is 2.17. The maximum atomic E-state index is 9.30. The van der Waals surface area contributed by atoms with E-state index in [1.807, 2.05) is 50.2 Å². The van der Waals surface area contributed by atoms with Gasteiger partial charge >= 0.3 is 0 Å². The van der Waals surface area contributed by atoms with Crippen molar-refractivity contribution in [1.29, 1.82) is 5.26 Å². The third-order valence-corrected chi connectivity index (χ3v) is 3.42. The normalized spacial score (nSPS) is 10.3. The quantitative estimate of drug-likeness (QED) is 0.719. The highest BCUT2D eigenvalue weighted by Crippen LogP contribution is 2.26. The largest absolute Gasteiger partial charge is 0.211 e. The van der Waals surface area contributed by atoms with Gasteiger partial charge in [0.2, 0.25) is 0 Å². The molecular weight excluding hydrogens is 260 g/mol. The Morgan fingerprint density at radius 1 is 1.05 bits per heavy atom. The van der Waals surface area contributed by atoms with Crippen molar-refractivity contribution in [3.8, 4) is 23.0 Å². The smallest absolute Gasteiger partial charge is 0.191 e. The maximum Gasteiger partial charge on any atom is 0.191 e. The van der Waals surface area contributed by atoms with Crippen molar-refractivity contribution in [3.63, 3.8) is 0 Å². The zero-order chi connectivity index (χ0) is 14.8. The zero-order valence-electron chi connectivity index (χ0n) is 11.9. The molecule has 0 aliphatic rings. The minimum atomic E-state index is 0.335. The van der Waals surface area contributed by atoms with Crippen LogP contribution in [0.5, 0.6) is 0 Å². The number of hydrogen-bond acceptors (Lipinski definition) is 3. The van der Waals surface area contributed by atoms with Gasteiger partial charge in [-0.1, -0.05) is 47.7 Å². The third kappa shape index (κ3) is 2.30. The lowest BCUT2D eigenvalue weighted by Gasteiger charge is -2.10. The van der Waals surface area contributed by atoms with Crippen LogP contribution in [0, 0.1) is 25.2 Å². The minimum absolute atomic E-state index is 0.335. The molecule has 0 unspecified atom stereocenters. The van der Waals surface area contributed by atoms with Crippen LogP contribution in [0.1, 0.15) is 16.8 Å². The van der Waals surface area contributed by atoms with Gasteiger partial charge in [-0.2, -0.15) is 5.26 Å². The summed E-state index contributed by atoms with van der Waals surface area (Å²) in [5.41, 5.74) is 5.17. The molecule has 4 heteroatoms. The van der Waals surface area contributed by atoms with E-state index in [4.69, 9.17) is 0 Å². The Balaban J connectivity index is 2.28. The van der Waals surface area contributed by atoms with Gasteiger partial charge in [0.25, 0.3) is 0 Å². The Morgan fingerprint density at radius 3 is 2.52 bits per heavy atom. The molecule has 3 aromatic rings. The Labute approximate surface area is 123 Å². The number of nitriles is 1. The standard InChI is InChI=1S/C17H14N4/c1-12-8-9-13(2)16(10-12)21-17(15(11-18)19-20-21)14-6-4-3-5-7-14/h3-10H,1-2H3. The van der Waals surface area contributed by atoms with Crippen LogP contribution in [0.4, 0.5) is 0 Å². The van der Waals surface area contributed by atoms with Crippen LogP contribution in [0.15, 0.2) is 48.5 Å². The molecule has 102 valence electrons. The minimum Gasteiger partial charge on any atom is -0.211 e. The molecule has 0 radical (unpaired) electrons. The molecule has 1 heterocycles. The molecule has 1 aromatic heterocycles. The van der Waals surface area contributed by atoms with Crippen LogP contribution < -0.4 is 0 Å². The first-order chi connectivity index (χ1) is 10.2. The molecule has 3 rings (SSSR count). The molecule has 0 saturated heterocycles. The number of nitrogens with zero attached hydrogens (tertiary/aromatic N) is 4. The van der Waals surface area contributed by atoms with Crippen LogP contribution in [0.3, 0.4) is 0 Å². The predicted molar refractivity (Wildman–Crippen MR) is 81.0 cm³/mol. The molecule has 0 amide bonds. The van der Waals surface area contributed by atoms with Gasteiger partial charge < -0.3 is 0 Å². The van der Waals surface area contributed by atoms with Crippen LogP contribution in [0.2, 0.25) is 0 Å². The molecule has 4 nitrogen and oxygen atoms in total. The van der Waals surface area contributed by atoms with Crippen molar-refractivity contribution >= 4 is 0 Å². The van der Waals surface area contributed by atoms with Gasteiger partial charge in [0.1, 0.15) is 11.8 Å². The molecule has 21 heavy (non-hydrogen) atoms. The van der Waals surface area contributed by atoms with E-state index in [-0.39, 0.29) is 0 Å². The fourth-order valence-electron chi connectivity index (χ4n) is 2.33. The summed E-state index contributed by atoms with van der Waals surface area (Å²) in [7, 11) is 0. The Bertz CT molecular complexity index is 826. The summed E-state index contributed by atoms with van der Waals surface area (Å²) >= 11 is 0. The molecule has 0 atom stereocenters. The first kappa shape index (κ1) is 13.1. The number of benzene rings is 2. The molecule has 0 aliphatic carbocycles. The maximum absolute atomic E-state index is 9.30. The average Bonchev–Trinajstić information content (AvgIpc) is 2.94. The Hall–Kier alpha value is -2.93. The van der Waals surface area contributed by atoms with E-state index >= 15 is 0 Å². The summed E-state index contributed by atoms with van der Waals surface area (Å²) in [6.45, 7) is 4.06. The van der Waals surface area contributed by atoms with E-state index in [0.717, 1.165) is 28.1 Å². The fourth-order valence-corrected chi connectivity index (χ4v) is 2.33. The average molecular weight is 274 g/mol. The van der Waals surface area contributed by atoms with Gasteiger partial charge in [-0.3, -0.25) is 0 Å². The SMILES string of the molecule is Cc1ccc(C)c(-n2nnc(C#N)c2-c2ccccc2)c1. The van der Waals surface area contributed by atoms with Crippen molar-refractivity contribution in [3.05, 3.63) is 65.4 Å². The number of hydrogen-bond donors (Lipinski definition) is 0. The third-order valence-electron chi connectivity index (χ3n) is 3.42. The molecule has 0 aliphatic heterocycles. The van der Waals surface area contributed by atoms with Gasteiger partial charge in [-0.15, -0.1) is 5.10 Å². The van der Waals surface area contributed by atoms with Crippen LogP contribution in [0.25, 0.3) is 16.9 Å². The Kier molecular flexibility index (Phi) is 3.25. The van der Waals surface area contributed by atoms with Crippen LogP contribution in [-0.2, 0) is 0 Å². The second-order valence-corrected chi connectivity index (χ2v) is 4.97. The predicted octanol–water partition coefficient (Wildman–Crippen LogP) is 3.42. The molecule has 0 N–H and O–H groups in total. The highest BCUT2D eigenvalue weighted by atomic mass is 15.4. The molecule has 0 spiro atoms. The number of rotatable bonds is 2. The van der Waals surface area contributed by atoms with Gasteiger partial charge in [0, 0.05) is 5.56 Å². The van der Waals surface area contributed by atoms with Crippen molar-refractivity contribution in [2.45, 2.75) is 13.8 Å². The second-order valence-electron chi connectivity index (χ2n) is 4.97. The topological polar surface area (TPSA) is 54.5 Å². The summed E-state index contributed by atoms with van der Waals surface area (Å²) in [4.78, 5) is 0. The van der Waals surface area contributed by atoms with E-state index in [2.05, 4.69) is 28.5 Å². The van der Waals surface area contributed by atoms with E-state index < -0.39 is 0 Å². The summed E-state index contributed by atoms with van der Waals surface area (Å²) in [5, 5.41) is 17.5. The molecule has 0 saturated carbocycles. The first-order valence-corrected chi connectivity index (χ1v) is 6.69. The summed E-state index contributed by atoms with van der Waals surface area (Å²) in [6, 6.07) is 18.0. The first-order valence-electron chi connectivity index (χ1n) is 6.69. The fraction of sp³-hybridized carbons (Fsp3) is 0.118. The van der Waals surface area contributed by atoms with Gasteiger partial charge in [0.05, 0.1) is 5.69 Å². The van der Waals surface area contributed by atoms with Crippen molar-refractivity contribution in [2.75, 3.05) is 0 Å². The summed E-state index contributed by atoms with van der Waals surface area (Å²) in [5.74, 6) is 0. The van der Waals surface area contributed by atoms with Crippen molar-refractivity contribution in [1.82, 2.24) is 15.0 Å². The van der Waals surface area contributed by atoms with Crippen LogP contribution >= 0.6 is 0 Å². The number of aryl methyl sites for hydroxylation is 2. The van der Waals surface area contributed by atoms with E-state index in [1.165, 1.54) is 0 Å². The van der Waals surface area contributed by atoms with E-state index in [9.17, 15) is 5.26 Å². The monoisotopic (exact) mass is 274 g/mol.